The number of imidazole rings is 1. The van der Waals surface area contributed by atoms with Crippen molar-refractivity contribution in [3.63, 3.8) is 0 Å². The number of rotatable bonds is 3. The van der Waals surface area contributed by atoms with Crippen LogP contribution in [0, 0.1) is 0 Å². The zero-order chi connectivity index (χ0) is 19.1. The molecule has 0 saturated carbocycles. The van der Waals surface area contributed by atoms with Crippen LogP contribution in [-0.4, -0.2) is 21.5 Å². The topological polar surface area (TPSA) is 59.4 Å². The smallest absolute Gasteiger partial charge is 0.275 e. The van der Waals surface area contributed by atoms with Crippen LogP contribution in [0.4, 0.5) is 0 Å². The summed E-state index contributed by atoms with van der Waals surface area (Å²) in [5, 5.41) is 0. The highest BCUT2D eigenvalue weighted by atomic mass is 16.5. The molecule has 2 heterocycles. The molecule has 0 aliphatic rings. The Balaban J connectivity index is 1.92. The van der Waals surface area contributed by atoms with Gasteiger partial charge in [-0.25, -0.2) is 4.98 Å². The Bertz CT molecular complexity index is 1350. The highest BCUT2D eigenvalue weighted by molar-refractivity contribution is 5.88. The number of nitrogens with one attached hydrogen (secondary N) is 1. The maximum atomic E-state index is 13.0. The molecule has 5 nitrogen and oxygen atoms in total. The van der Waals surface area contributed by atoms with E-state index in [0.29, 0.717) is 11.2 Å². The number of ether oxygens (including phenoxy) is 1. The number of methoxy groups -OCH3 is 1. The van der Waals surface area contributed by atoms with Gasteiger partial charge in [0.25, 0.3) is 5.56 Å². The van der Waals surface area contributed by atoms with Crippen LogP contribution < -0.4 is 10.3 Å². The van der Waals surface area contributed by atoms with Crippen molar-refractivity contribution in [1.82, 2.24) is 14.4 Å². The van der Waals surface area contributed by atoms with E-state index in [1.165, 1.54) is 0 Å². The number of nitrogens with zero attached hydrogens (tertiary/aromatic N) is 2. The Morgan fingerprint density at radius 2 is 1.57 bits per heavy atom. The molecule has 28 heavy (non-hydrogen) atoms. The number of para-hydroxylation sites is 2. The van der Waals surface area contributed by atoms with Crippen LogP contribution in [0.2, 0.25) is 0 Å². The molecule has 5 rings (SSSR count). The molecule has 0 aliphatic heterocycles. The first kappa shape index (κ1) is 16.3. The molecule has 0 aliphatic carbocycles. The molecule has 136 valence electrons. The SMILES string of the molecule is COc1ccc(-c2nc(-c3ccccc3)c3c(=O)[nH]c4ccccc4n23)cc1. The van der Waals surface area contributed by atoms with Crippen molar-refractivity contribution in [2.45, 2.75) is 0 Å². The van der Waals surface area contributed by atoms with Crippen LogP contribution in [0.5, 0.6) is 5.75 Å². The van der Waals surface area contributed by atoms with E-state index in [4.69, 9.17) is 9.72 Å². The Morgan fingerprint density at radius 1 is 0.857 bits per heavy atom. The molecule has 0 saturated heterocycles. The van der Waals surface area contributed by atoms with Crippen molar-refractivity contribution in [1.29, 1.82) is 0 Å². The number of aromatic nitrogens is 3. The summed E-state index contributed by atoms with van der Waals surface area (Å²) in [7, 11) is 1.64. The third kappa shape index (κ3) is 2.48. The fourth-order valence-corrected chi connectivity index (χ4v) is 3.55. The van der Waals surface area contributed by atoms with Crippen molar-refractivity contribution in [3.05, 3.63) is 89.2 Å². The van der Waals surface area contributed by atoms with Crippen LogP contribution in [0.1, 0.15) is 0 Å². The number of aromatic amines is 1. The lowest BCUT2D eigenvalue weighted by molar-refractivity contribution is 0.415. The average molecular weight is 367 g/mol. The zero-order valence-electron chi connectivity index (χ0n) is 15.2. The number of H-pyrrole nitrogens is 1. The van der Waals surface area contributed by atoms with Gasteiger partial charge in [0.1, 0.15) is 22.8 Å². The van der Waals surface area contributed by atoms with Gasteiger partial charge in [-0.1, -0.05) is 42.5 Å². The second-order valence-electron chi connectivity index (χ2n) is 6.53. The monoisotopic (exact) mass is 367 g/mol. The van der Waals surface area contributed by atoms with Crippen molar-refractivity contribution < 1.29 is 4.74 Å². The van der Waals surface area contributed by atoms with Gasteiger partial charge in [-0.3, -0.25) is 9.20 Å². The summed E-state index contributed by atoms with van der Waals surface area (Å²) in [6.07, 6.45) is 0. The largest absolute Gasteiger partial charge is 0.497 e. The van der Waals surface area contributed by atoms with E-state index < -0.39 is 0 Å². The van der Waals surface area contributed by atoms with E-state index in [9.17, 15) is 4.79 Å². The Morgan fingerprint density at radius 3 is 2.32 bits per heavy atom. The third-order valence-electron chi connectivity index (χ3n) is 4.88. The first-order chi connectivity index (χ1) is 13.8. The van der Waals surface area contributed by atoms with Gasteiger partial charge in [0.2, 0.25) is 0 Å². The molecule has 0 amide bonds. The maximum Gasteiger partial charge on any atom is 0.275 e. The fourth-order valence-electron chi connectivity index (χ4n) is 3.55. The Hall–Kier alpha value is -3.86. The minimum absolute atomic E-state index is 0.162. The van der Waals surface area contributed by atoms with E-state index in [1.54, 1.807) is 7.11 Å². The Kier molecular flexibility index (Phi) is 3.72. The second kappa shape index (κ2) is 6.39. The minimum Gasteiger partial charge on any atom is -0.497 e. The molecule has 0 unspecified atom stereocenters. The predicted octanol–water partition coefficient (Wildman–Crippen LogP) is 4.52. The van der Waals surface area contributed by atoms with Gasteiger partial charge in [-0.05, 0) is 36.4 Å². The van der Waals surface area contributed by atoms with Gasteiger partial charge < -0.3 is 9.72 Å². The van der Waals surface area contributed by atoms with Gasteiger partial charge in [0.05, 0.1) is 18.1 Å². The predicted molar refractivity (Wildman–Crippen MR) is 111 cm³/mol. The molecule has 1 N–H and O–H groups in total. The summed E-state index contributed by atoms with van der Waals surface area (Å²) in [6.45, 7) is 0. The Labute approximate surface area is 160 Å². The molecule has 0 bridgehead atoms. The molecule has 5 aromatic rings. The lowest BCUT2D eigenvalue weighted by Crippen LogP contribution is -2.11. The molecule has 3 aromatic carbocycles. The van der Waals surface area contributed by atoms with E-state index in [0.717, 1.165) is 33.7 Å². The normalized spacial score (nSPS) is 11.2. The molecule has 0 radical (unpaired) electrons. The number of benzene rings is 3. The molecule has 0 atom stereocenters. The summed E-state index contributed by atoms with van der Waals surface area (Å²) >= 11 is 0. The van der Waals surface area contributed by atoms with Crippen molar-refractivity contribution in [2.24, 2.45) is 0 Å². The van der Waals surface area contributed by atoms with Gasteiger partial charge >= 0.3 is 0 Å². The van der Waals surface area contributed by atoms with Crippen LogP contribution in [0.25, 0.3) is 39.2 Å². The molecule has 0 spiro atoms. The van der Waals surface area contributed by atoms with E-state index >= 15 is 0 Å². The highest BCUT2D eigenvalue weighted by Gasteiger charge is 2.19. The first-order valence-electron chi connectivity index (χ1n) is 8.99. The maximum absolute atomic E-state index is 13.0. The van der Waals surface area contributed by atoms with Crippen LogP contribution >= 0.6 is 0 Å². The van der Waals surface area contributed by atoms with Gasteiger partial charge in [-0.15, -0.1) is 0 Å². The van der Waals surface area contributed by atoms with Crippen molar-refractivity contribution in [2.75, 3.05) is 7.11 Å². The average Bonchev–Trinajstić information content (AvgIpc) is 3.16. The van der Waals surface area contributed by atoms with Crippen LogP contribution in [0.3, 0.4) is 0 Å². The standard InChI is InChI=1S/C23H17N3O2/c1-28-17-13-11-16(12-14-17)22-25-20(15-7-3-2-4-8-15)21-23(27)24-18-9-5-6-10-19(18)26(21)22/h2-14H,1H3,(H,24,27). The zero-order valence-corrected chi connectivity index (χ0v) is 15.2. The number of fused-ring (bicyclic) bond motifs is 3. The van der Waals surface area contributed by atoms with Crippen molar-refractivity contribution >= 4 is 16.6 Å². The summed E-state index contributed by atoms with van der Waals surface area (Å²) in [5.74, 6) is 1.49. The fraction of sp³-hybridized carbons (Fsp3) is 0.0435. The van der Waals surface area contributed by atoms with Gasteiger partial charge in [0.15, 0.2) is 0 Å². The number of hydrogen-bond acceptors (Lipinski definition) is 3. The van der Waals surface area contributed by atoms with E-state index in [2.05, 4.69) is 4.98 Å². The first-order valence-corrected chi connectivity index (χ1v) is 8.99. The minimum atomic E-state index is -0.162. The molecule has 2 aromatic heterocycles. The molecular weight excluding hydrogens is 350 g/mol. The lowest BCUT2D eigenvalue weighted by atomic mass is 10.1. The van der Waals surface area contributed by atoms with Crippen LogP contribution in [-0.2, 0) is 0 Å². The second-order valence-corrected chi connectivity index (χ2v) is 6.53. The van der Waals surface area contributed by atoms with E-state index in [1.807, 2.05) is 83.3 Å². The molecular formula is C23H17N3O2. The summed E-state index contributed by atoms with van der Waals surface area (Å²) < 4.78 is 7.22. The van der Waals surface area contributed by atoms with Gasteiger partial charge in [0, 0.05) is 11.1 Å². The number of hydrogen-bond donors (Lipinski definition) is 1. The lowest BCUT2D eigenvalue weighted by Gasteiger charge is -2.07. The quantitative estimate of drug-likeness (QED) is 0.510. The molecule has 0 fully saturated rings. The van der Waals surface area contributed by atoms with Gasteiger partial charge in [-0.2, -0.15) is 0 Å². The summed E-state index contributed by atoms with van der Waals surface area (Å²) in [4.78, 5) is 20.9. The highest BCUT2D eigenvalue weighted by Crippen LogP contribution is 2.31. The third-order valence-corrected chi connectivity index (χ3v) is 4.88. The summed E-state index contributed by atoms with van der Waals surface area (Å²) in [5.41, 5.74) is 4.53. The van der Waals surface area contributed by atoms with Crippen LogP contribution in [0.15, 0.2) is 83.7 Å². The van der Waals surface area contributed by atoms with Crippen molar-refractivity contribution in [3.8, 4) is 28.4 Å². The summed E-state index contributed by atoms with van der Waals surface area (Å²) in [6, 6.07) is 25.2. The van der Waals surface area contributed by atoms with E-state index in [-0.39, 0.29) is 5.56 Å². The molecule has 5 heteroatoms.